The third-order valence-corrected chi connectivity index (χ3v) is 3.99. The lowest BCUT2D eigenvalue weighted by Gasteiger charge is -2.17. The second kappa shape index (κ2) is 4.61. The fourth-order valence-corrected chi connectivity index (χ4v) is 2.96. The van der Waals surface area contributed by atoms with Crippen LogP contribution in [0.4, 0.5) is 0 Å². The molecule has 1 amide bonds. The molecule has 96 valence electrons. The Morgan fingerprint density at radius 3 is 2.72 bits per heavy atom. The van der Waals surface area contributed by atoms with Crippen molar-refractivity contribution in [1.29, 1.82) is 0 Å². The molecule has 0 spiro atoms. The Labute approximate surface area is 107 Å². The Morgan fingerprint density at radius 1 is 1.33 bits per heavy atom. The van der Waals surface area contributed by atoms with Gasteiger partial charge in [0.15, 0.2) is 0 Å². The third kappa shape index (κ3) is 1.97. The molecule has 0 aliphatic carbocycles. The van der Waals surface area contributed by atoms with E-state index >= 15 is 0 Å². The SMILES string of the molecule is COc1cccc(C(=O)N2C[C@@H]3CNC[C@H]3C2)c1. The number of rotatable bonds is 2. The quantitative estimate of drug-likeness (QED) is 0.846. The van der Waals surface area contributed by atoms with Crippen molar-refractivity contribution in [2.24, 2.45) is 11.8 Å². The zero-order valence-electron chi connectivity index (χ0n) is 10.6. The van der Waals surface area contributed by atoms with Crippen LogP contribution in [0.15, 0.2) is 24.3 Å². The smallest absolute Gasteiger partial charge is 0.254 e. The highest BCUT2D eigenvalue weighted by molar-refractivity contribution is 5.94. The van der Waals surface area contributed by atoms with E-state index in [1.807, 2.05) is 29.2 Å². The molecule has 2 fully saturated rings. The van der Waals surface area contributed by atoms with Gasteiger partial charge in [-0.3, -0.25) is 4.79 Å². The fourth-order valence-electron chi connectivity index (χ4n) is 2.96. The summed E-state index contributed by atoms with van der Waals surface area (Å²) in [6.45, 7) is 3.86. The molecule has 4 nitrogen and oxygen atoms in total. The Balaban J connectivity index is 1.74. The van der Waals surface area contributed by atoms with Crippen LogP contribution in [-0.4, -0.2) is 44.1 Å². The number of likely N-dealkylation sites (tertiary alicyclic amines) is 1. The normalized spacial score (nSPS) is 26.2. The number of carbonyl (C=O) groups is 1. The van der Waals surface area contributed by atoms with E-state index in [4.69, 9.17) is 4.74 Å². The largest absolute Gasteiger partial charge is 0.497 e. The zero-order valence-corrected chi connectivity index (χ0v) is 10.6. The van der Waals surface area contributed by atoms with Crippen molar-refractivity contribution in [3.8, 4) is 5.75 Å². The van der Waals surface area contributed by atoms with Gasteiger partial charge in [0.2, 0.25) is 0 Å². The second-order valence-electron chi connectivity index (χ2n) is 5.12. The summed E-state index contributed by atoms with van der Waals surface area (Å²) >= 11 is 0. The van der Waals surface area contributed by atoms with E-state index in [9.17, 15) is 4.79 Å². The zero-order chi connectivity index (χ0) is 12.5. The van der Waals surface area contributed by atoms with Crippen LogP contribution in [-0.2, 0) is 0 Å². The average Bonchev–Trinajstić information content (AvgIpc) is 2.98. The molecule has 2 aliphatic heterocycles. The van der Waals surface area contributed by atoms with Crippen molar-refractivity contribution in [3.05, 3.63) is 29.8 Å². The maximum absolute atomic E-state index is 12.4. The first-order valence-corrected chi connectivity index (χ1v) is 6.42. The Hall–Kier alpha value is -1.55. The molecule has 2 aliphatic rings. The van der Waals surface area contributed by atoms with Crippen molar-refractivity contribution in [1.82, 2.24) is 10.2 Å². The van der Waals surface area contributed by atoms with E-state index < -0.39 is 0 Å². The molecule has 18 heavy (non-hydrogen) atoms. The topological polar surface area (TPSA) is 41.6 Å². The minimum atomic E-state index is 0.128. The molecular weight excluding hydrogens is 228 g/mol. The molecule has 0 aromatic heterocycles. The summed E-state index contributed by atoms with van der Waals surface area (Å²) < 4.78 is 5.16. The van der Waals surface area contributed by atoms with Crippen molar-refractivity contribution >= 4 is 5.91 Å². The number of hydrogen-bond acceptors (Lipinski definition) is 3. The number of methoxy groups -OCH3 is 1. The summed E-state index contributed by atoms with van der Waals surface area (Å²) in [5, 5.41) is 3.38. The Kier molecular flexibility index (Phi) is 2.96. The molecule has 2 heterocycles. The van der Waals surface area contributed by atoms with Crippen LogP contribution in [0.2, 0.25) is 0 Å². The summed E-state index contributed by atoms with van der Waals surface area (Å²) in [4.78, 5) is 14.4. The minimum absolute atomic E-state index is 0.128. The van der Waals surface area contributed by atoms with Gasteiger partial charge < -0.3 is 15.0 Å². The van der Waals surface area contributed by atoms with E-state index in [0.717, 1.165) is 37.5 Å². The van der Waals surface area contributed by atoms with E-state index in [1.165, 1.54) is 0 Å². The molecule has 1 N–H and O–H groups in total. The predicted octanol–water partition coefficient (Wildman–Crippen LogP) is 0.987. The lowest BCUT2D eigenvalue weighted by molar-refractivity contribution is 0.0781. The maximum atomic E-state index is 12.4. The van der Waals surface area contributed by atoms with Crippen LogP contribution in [0, 0.1) is 11.8 Å². The first-order valence-electron chi connectivity index (χ1n) is 6.42. The van der Waals surface area contributed by atoms with Gasteiger partial charge >= 0.3 is 0 Å². The molecule has 0 bridgehead atoms. The molecular formula is C14H18N2O2. The molecule has 2 saturated heterocycles. The van der Waals surface area contributed by atoms with E-state index in [-0.39, 0.29) is 5.91 Å². The van der Waals surface area contributed by atoms with Gasteiger partial charge in [-0.15, -0.1) is 0 Å². The highest BCUT2D eigenvalue weighted by Gasteiger charge is 2.38. The van der Waals surface area contributed by atoms with Crippen molar-refractivity contribution < 1.29 is 9.53 Å². The van der Waals surface area contributed by atoms with Gasteiger partial charge in [-0.05, 0) is 30.0 Å². The Bertz CT molecular complexity index is 449. The van der Waals surface area contributed by atoms with Crippen LogP contribution in [0.3, 0.4) is 0 Å². The second-order valence-corrected chi connectivity index (χ2v) is 5.12. The number of fused-ring (bicyclic) bond motifs is 1. The van der Waals surface area contributed by atoms with E-state index in [2.05, 4.69) is 5.32 Å². The van der Waals surface area contributed by atoms with Gasteiger partial charge in [0.25, 0.3) is 5.91 Å². The van der Waals surface area contributed by atoms with Crippen LogP contribution < -0.4 is 10.1 Å². The molecule has 1 aromatic rings. The Morgan fingerprint density at radius 2 is 2.06 bits per heavy atom. The number of benzene rings is 1. The molecule has 3 rings (SSSR count). The first-order chi connectivity index (χ1) is 8.78. The van der Waals surface area contributed by atoms with E-state index in [0.29, 0.717) is 11.8 Å². The predicted molar refractivity (Wildman–Crippen MR) is 68.7 cm³/mol. The van der Waals surface area contributed by atoms with Crippen LogP contribution in [0.5, 0.6) is 5.75 Å². The monoisotopic (exact) mass is 246 g/mol. The number of hydrogen-bond donors (Lipinski definition) is 1. The summed E-state index contributed by atoms with van der Waals surface area (Å²) in [6.07, 6.45) is 0. The average molecular weight is 246 g/mol. The first kappa shape index (κ1) is 11.5. The summed E-state index contributed by atoms with van der Waals surface area (Å²) in [6, 6.07) is 7.40. The molecule has 2 atom stereocenters. The summed E-state index contributed by atoms with van der Waals surface area (Å²) in [5.41, 5.74) is 0.724. The molecule has 0 radical (unpaired) electrons. The summed E-state index contributed by atoms with van der Waals surface area (Å²) in [7, 11) is 1.62. The highest BCUT2D eigenvalue weighted by Crippen LogP contribution is 2.27. The third-order valence-electron chi connectivity index (χ3n) is 3.99. The number of nitrogens with zero attached hydrogens (tertiary/aromatic N) is 1. The lowest BCUT2D eigenvalue weighted by Crippen LogP contribution is -2.31. The van der Waals surface area contributed by atoms with Gasteiger partial charge in [0.05, 0.1) is 7.11 Å². The maximum Gasteiger partial charge on any atom is 0.254 e. The van der Waals surface area contributed by atoms with Gasteiger partial charge in [-0.25, -0.2) is 0 Å². The number of carbonyl (C=O) groups excluding carboxylic acids is 1. The number of ether oxygens (including phenoxy) is 1. The van der Waals surface area contributed by atoms with Gasteiger partial charge in [0.1, 0.15) is 5.75 Å². The number of nitrogens with one attached hydrogen (secondary N) is 1. The van der Waals surface area contributed by atoms with Crippen molar-refractivity contribution in [3.63, 3.8) is 0 Å². The fraction of sp³-hybridized carbons (Fsp3) is 0.500. The lowest BCUT2D eigenvalue weighted by atomic mass is 10.0. The van der Waals surface area contributed by atoms with Gasteiger partial charge in [-0.1, -0.05) is 6.07 Å². The van der Waals surface area contributed by atoms with Crippen LogP contribution in [0.1, 0.15) is 10.4 Å². The van der Waals surface area contributed by atoms with E-state index in [1.54, 1.807) is 7.11 Å². The highest BCUT2D eigenvalue weighted by atomic mass is 16.5. The molecule has 0 saturated carbocycles. The van der Waals surface area contributed by atoms with Crippen molar-refractivity contribution in [2.75, 3.05) is 33.3 Å². The molecule has 1 aromatic carbocycles. The minimum Gasteiger partial charge on any atom is -0.497 e. The van der Waals surface area contributed by atoms with Crippen molar-refractivity contribution in [2.45, 2.75) is 0 Å². The van der Waals surface area contributed by atoms with Crippen LogP contribution in [0.25, 0.3) is 0 Å². The molecule has 0 unspecified atom stereocenters. The number of amides is 1. The molecule has 4 heteroatoms. The van der Waals surface area contributed by atoms with Gasteiger partial charge in [-0.2, -0.15) is 0 Å². The summed E-state index contributed by atoms with van der Waals surface area (Å²) in [5.74, 6) is 2.14. The van der Waals surface area contributed by atoms with Crippen LogP contribution >= 0.6 is 0 Å². The standard InChI is InChI=1S/C14H18N2O2/c1-18-13-4-2-3-10(5-13)14(17)16-8-11-6-15-7-12(11)9-16/h2-5,11-12,15H,6-9H2,1H3/t11-,12-/m0/s1. The van der Waals surface area contributed by atoms with Gasteiger partial charge in [0, 0.05) is 31.7 Å².